The molecule has 3 nitrogen and oxygen atoms in total. The summed E-state index contributed by atoms with van der Waals surface area (Å²) in [6, 6.07) is 9.11. The van der Waals surface area contributed by atoms with Gasteiger partial charge < -0.3 is 4.74 Å². The van der Waals surface area contributed by atoms with E-state index in [9.17, 15) is 0 Å². The summed E-state index contributed by atoms with van der Waals surface area (Å²) in [6.07, 6.45) is 0. The number of halogens is 1. The van der Waals surface area contributed by atoms with Crippen LogP contribution in [0.5, 0.6) is 11.6 Å². The maximum Gasteiger partial charge on any atom is 0.220 e. The Labute approximate surface area is 117 Å². The van der Waals surface area contributed by atoms with Crippen LogP contribution in [0.2, 0.25) is 5.02 Å². The van der Waals surface area contributed by atoms with Crippen LogP contribution < -0.4 is 4.74 Å². The lowest BCUT2D eigenvalue weighted by atomic mass is 10.1. The van der Waals surface area contributed by atoms with E-state index >= 15 is 0 Å². The molecule has 0 saturated carbocycles. The molecule has 19 heavy (non-hydrogen) atoms. The lowest BCUT2D eigenvalue weighted by Crippen LogP contribution is -1.95. The number of nitrogens with zero attached hydrogens (tertiary/aromatic N) is 2. The zero-order chi connectivity index (χ0) is 14.0. The van der Waals surface area contributed by atoms with Gasteiger partial charge in [0.05, 0.1) is 11.6 Å². The quantitative estimate of drug-likeness (QED) is 0.818. The molecule has 0 aliphatic carbocycles. The van der Waals surface area contributed by atoms with Gasteiger partial charge in [0.25, 0.3) is 0 Å². The highest BCUT2D eigenvalue weighted by Crippen LogP contribution is 2.30. The number of nitriles is 1. The Bertz CT molecular complexity index is 651. The van der Waals surface area contributed by atoms with E-state index in [0.717, 1.165) is 22.6 Å². The van der Waals surface area contributed by atoms with E-state index in [2.05, 4.69) is 11.1 Å². The fraction of sp³-hybridized carbons (Fsp3) is 0.200. The molecular formula is C15H13ClN2O. The smallest absolute Gasteiger partial charge is 0.220 e. The molecule has 0 N–H and O–H groups in total. The highest BCUT2D eigenvalue weighted by Gasteiger charge is 2.09. The van der Waals surface area contributed by atoms with E-state index in [0.29, 0.717) is 16.5 Å². The van der Waals surface area contributed by atoms with Crippen LogP contribution in [0.4, 0.5) is 0 Å². The van der Waals surface area contributed by atoms with Crippen molar-refractivity contribution in [2.45, 2.75) is 20.8 Å². The molecule has 0 aliphatic rings. The van der Waals surface area contributed by atoms with Crippen molar-refractivity contribution in [2.75, 3.05) is 0 Å². The standard InChI is InChI=1S/C15H13ClN2O/c1-9-4-13(16)5-10(2)15(9)19-14-7-12(8-17)6-11(3)18-14/h4-7H,1-3H3. The van der Waals surface area contributed by atoms with Crippen molar-refractivity contribution in [3.05, 3.63) is 51.7 Å². The highest BCUT2D eigenvalue weighted by molar-refractivity contribution is 6.30. The zero-order valence-corrected chi connectivity index (χ0v) is 11.7. The Balaban J connectivity index is 2.42. The third-order valence-corrected chi connectivity index (χ3v) is 2.91. The molecule has 0 bridgehead atoms. The molecule has 0 unspecified atom stereocenters. The number of aromatic nitrogens is 1. The summed E-state index contributed by atoms with van der Waals surface area (Å²) in [5.74, 6) is 1.15. The molecule has 0 atom stereocenters. The lowest BCUT2D eigenvalue weighted by Gasteiger charge is -2.12. The zero-order valence-electron chi connectivity index (χ0n) is 11.0. The number of rotatable bonds is 2. The predicted molar refractivity (Wildman–Crippen MR) is 74.7 cm³/mol. The van der Waals surface area contributed by atoms with Gasteiger partial charge in [-0.1, -0.05) is 11.6 Å². The summed E-state index contributed by atoms with van der Waals surface area (Å²) in [5, 5.41) is 9.63. The van der Waals surface area contributed by atoms with Crippen LogP contribution in [0.15, 0.2) is 24.3 Å². The fourth-order valence-electron chi connectivity index (χ4n) is 1.92. The van der Waals surface area contributed by atoms with Gasteiger partial charge in [-0.3, -0.25) is 0 Å². The van der Waals surface area contributed by atoms with Crippen molar-refractivity contribution in [3.8, 4) is 17.7 Å². The number of hydrogen-bond acceptors (Lipinski definition) is 3. The van der Waals surface area contributed by atoms with Gasteiger partial charge in [0.2, 0.25) is 5.88 Å². The lowest BCUT2D eigenvalue weighted by molar-refractivity contribution is 0.454. The van der Waals surface area contributed by atoms with Crippen molar-refractivity contribution in [3.63, 3.8) is 0 Å². The first kappa shape index (κ1) is 13.4. The first-order valence-corrected chi connectivity index (χ1v) is 6.21. The topological polar surface area (TPSA) is 45.9 Å². The molecule has 1 aromatic carbocycles. The Hall–Kier alpha value is -2.05. The summed E-state index contributed by atoms with van der Waals surface area (Å²) in [5.41, 5.74) is 3.16. The average molecular weight is 273 g/mol. The van der Waals surface area contributed by atoms with Crippen LogP contribution in [0.3, 0.4) is 0 Å². The van der Waals surface area contributed by atoms with Gasteiger partial charge in [-0.2, -0.15) is 5.26 Å². The van der Waals surface area contributed by atoms with E-state index in [1.54, 1.807) is 12.1 Å². The molecule has 0 amide bonds. The van der Waals surface area contributed by atoms with E-state index in [1.807, 2.05) is 32.9 Å². The molecule has 1 aromatic heterocycles. The number of benzene rings is 1. The van der Waals surface area contributed by atoms with Crippen LogP contribution in [0.25, 0.3) is 0 Å². The molecular weight excluding hydrogens is 260 g/mol. The predicted octanol–water partition coefficient (Wildman–Crippen LogP) is 4.32. The highest BCUT2D eigenvalue weighted by atomic mass is 35.5. The maximum atomic E-state index is 8.95. The van der Waals surface area contributed by atoms with Crippen molar-refractivity contribution in [1.82, 2.24) is 4.98 Å². The fourth-order valence-corrected chi connectivity index (χ4v) is 2.25. The Morgan fingerprint density at radius 3 is 2.32 bits per heavy atom. The van der Waals surface area contributed by atoms with Gasteiger partial charge in [0, 0.05) is 16.8 Å². The second-order valence-electron chi connectivity index (χ2n) is 4.42. The third-order valence-electron chi connectivity index (χ3n) is 2.69. The largest absolute Gasteiger partial charge is 0.438 e. The molecule has 0 fully saturated rings. The first-order chi connectivity index (χ1) is 8.99. The van der Waals surface area contributed by atoms with Gasteiger partial charge in [0.15, 0.2) is 0 Å². The van der Waals surface area contributed by atoms with Crippen LogP contribution in [0, 0.1) is 32.1 Å². The number of pyridine rings is 1. The SMILES string of the molecule is Cc1cc(C#N)cc(Oc2c(C)cc(Cl)cc2C)n1. The van der Waals surface area contributed by atoms with E-state index in [4.69, 9.17) is 21.6 Å². The number of ether oxygens (including phenoxy) is 1. The average Bonchev–Trinajstić information content (AvgIpc) is 2.33. The van der Waals surface area contributed by atoms with Gasteiger partial charge in [-0.05, 0) is 50.1 Å². The summed E-state index contributed by atoms with van der Waals surface area (Å²) >= 11 is 5.98. The molecule has 4 heteroatoms. The van der Waals surface area contributed by atoms with Gasteiger partial charge in [0.1, 0.15) is 5.75 Å². The summed E-state index contributed by atoms with van der Waals surface area (Å²) in [7, 11) is 0. The maximum absolute atomic E-state index is 8.95. The van der Waals surface area contributed by atoms with Crippen LogP contribution >= 0.6 is 11.6 Å². The Morgan fingerprint density at radius 2 is 1.74 bits per heavy atom. The molecule has 0 spiro atoms. The van der Waals surface area contributed by atoms with E-state index < -0.39 is 0 Å². The van der Waals surface area contributed by atoms with Gasteiger partial charge >= 0.3 is 0 Å². The van der Waals surface area contributed by atoms with Crippen LogP contribution in [0.1, 0.15) is 22.4 Å². The Morgan fingerprint density at radius 1 is 1.11 bits per heavy atom. The summed E-state index contributed by atoms with van der Waals surface area (Å²) in [4.78, 5) is 4.28. The normalized spacial score (nSPS) is 10.1. The minimum atomic E-state index is 0.421. The minimum absolute atomic E-state index is 0.421. The summed E-state index contributed by atoms with van der Waals surface area (Å²) in [6.45, 7) is 5.68. The molecule has 2 aromatic rings. The second-order valence-corrected chi connectivity index (χ2v) is 4.85. The van der Waals surface area contributed by atoms with Crippen molar-refractivity contribution in [2.24, 2.45) is 0 Å². The molecule has 0 radical (unpaired) electrons. The van der Waals surface area contributed by atoms with Crippen molar-refractivity contribution < 1.29 is 4.74 Å². The monoisotopic (exact) mass is 272 g/mol. The minimum Gasteiger partial charge on any atom is -0.438 e. The van der Waals surface area contributed by atoms with Gasteiger partial charge in [-0.15, -0.1) is 0 Å². The first-order valence-electron chi connectivity index (χ1n) is 5.83. The number of hydrogen-bond donors (Lipinski definition) is 0. The molecule has 0 saturated heterocycles. The van der Waals surface area contributed by atoms with Crippen molar-refractivity contribution >= 4 is 11.6 Å². The third kappa shape index (κ3) is 3.04. The molecule has 1 heterocycles. The second kappa shape index (κ2) is 5.29. The summed E-state index contributed by atoms with van der Waals surface area (Å²) < 4.78 is 5.80. The van der Waals surface area contributed by atoms with E-state index in [-0.39, 0.29) is 0 Å². The number of aryl methyl sites for hydroxylation is 3. The van der Waals surface area contributed by atoms with E-state index in [1.165, 1.54) is 0 Å². The molecule has 0 aliphatic heterocycles. The Kier molecular flexibility index (Phi) is 3.73. The molecule has 2 rings (SSSR count). The molecule has 96 valence electrons. The van der Waals surface area contributed by atoms with Crippen LogP contribution in [-0.2, 0) is 0 Å². The van der Waals surface area contributed by atoms with Crippen molar-refractivity contribution in [1.29, 1.82) is 5.26 Å². The van der Waals surface area contributed by atoms with Gasteiger partial charge in [-0.25, -0.2) is 4.98 Å². The van der Waals surface area contributed by atoms with Crippen LogP contribution in [-0.4, -0.2) is 4.98 Å².